The molecule has 6 heteroatoms. The summed E-state index contributed by atoms with van der Waals surface area (Å²) in [5, 5.41) is 14.3. The van der Waals surface area contributed by atoms with Crippen molar-refractivity contribution in [2.45, 2.75) is 65.1 Å². The summed E-state index contributed by atoms with van der Waals surface area (Å²) in [6.45, 7) is 10.2. The third-order valence-electron chi connectivity index (χ3n) is 5.59. The molecular weight excluding hydrogens is 304 g/mol. The fourth-order valence-corrected chi connectivity index (χ4v) is 4.22. The van der Waals surface area contributed by atoms with Crippen LogP contribution in [0.1, 0.15) is 54.4 Å². The molecule has 1 unspecified atom stereocenters. The number of aliphatic hydroxyl groups is 1. The zero-order valence-electron chi connectivity index (χ0n) is 15.2. The number of rotatable bonds is 3. The van der Waals surface area contributed by atoms with E-state index < -0.39 is 0 Å². The van der Waals surface area contributed by atoms with Gasteiger partial charge in [-0.1, -0.05) is 0 Å². The highest BCUT2D eigenvalue weighted by Crippen LogP contribution is 2.23. The zero-order valence-corrected chi connectivity index (χ0v) is 15.2. The van der Waals surface area contributed by atoms with Gasteiger partial charge >= 0.3 is 0 Å². The van der Waals surface area contributed by atoms with Crippen LogP contribution in [0.2, 0.25) is 0 Å². The van der Waals surface area contributed by atoms with E-state index in [1.807, 2.05) is 30.4 Å². The lowest BCUT2D eigenvalue weighted by molar-refractivity contribution is 0.0240. The molecule has 1 atom stereocenters. The lowest BCUT2D eigenvalue weighted by Gasteiger charge is -2.41. The first-order valence-corrected chi connectivity index (χ1v) is 9.26. The smallest absolute Gasteiger partial charge is 0.257 e. The van der Waals surface area contributed by atoms with E-state index in [0.29, 0.717) is 6.04 Å². The number of carbonyl (C=O) groups excluding carboxylic acids is 1. The predicted octanol–water partition coefficient (Wildman–Crippen LogP) is 1.58. The molecule has 0 aliphatic carbocycles. The van der Waals surface area contributed by atoms with E-state index in [4.69, 9.17) is 0 Å². The van der Waals surface area contributed by atoms with Crippen molar-refractivity contribution >= 4 is 5.91 Å². The highest BCUT2D eigenvalue weighted by Gasteiger charge is 2.31. The second-order valence-corrected chi connectivity index (χ2v) is 7.18. The first kappa shape index (κ1) is 17.4. The molecule has 0 spiro atoms. The molecule has 0 radical (unpaired) electrons. The quantitative estimate of drug-likeness (QED) is 0.912. The molecule has 1 amide bonds. The molecule has 24 heavy (non-hydrogen) atoms. The molecule has 3 heterocycles. The summed E-state index contributed by atoms with van der Waals surface area (Å²) in [7, 11) is 0. The van der Waals surface area contributed by atoms with Gasteiger partial charge in [-0.3, -0.25) is 14.4 Å². The van der Waals surface area contributed by atoms with E-state index in [0.717, 1.165) is 75.4 Å². The maximum absolute atomic E-state index is 12.9. The Bertz CT molecular complexity index is 590. The Hall–Kier alpha value is -1.40. The van der Waals surface area contributed by atoms with Gasteiger partial charge in [0.1, 0.15) is 0 Å². The van der Waals surface area contributed by atoms with Crippen molar-refractivity contribution in [2.75, 3.05) is 26.2 Å². The summed E-state index contributed by atoms with van der Waals surface area (Å²) in [5.41, 5.74) is 2.59. The van der Waals surface area contributed by atoms with Crippen molar-refractivity contribution in [3.8, 4) is 0 Å². The molecule has 0 bridgehead atoms. The number of β-amino-alcohol motifs (C(OH)–C–C–N with tert-alkyl or cyclic N) is 1. The van der Waals surface area contributed by atoms with Gasteiger partial charge in [-0.2, -0.15) is 5.10 Å². The molecule has 1 aromatic rings. The summed E-state index contributed by atoms with van der Waals surface area (Å²) in [6, 6.07) is 0.504. The van der Waals surface area contributed by atoms with E-state index in [2.05, 4.69) is 10.00 Å². The fourth-order valence-electron chi connectivity index (χ4n) is 4.22. The molecule has 1 aromatic heterocycles. The maximum atomic E-state index is 12.9. The Kier molecular flexibility index (Phi) is 5.25. The molecule has 2 aliphatic heterocycles. The SMILES string of the molecule is CCn1nc(C)c(C(=O)N2CCC(N3CCCC(O)C3)CC2)c1C. The summed E-state index contributed by atoms with van der Waals surface area (Å²) < 4.78 is 1.91. The van der Waals surface area contributed by atoms with Crippen molar-refractivity contribution in [3.05, 3.63) is 17.0 Å². The van der Waals surface area contributed by atoms with Crippen molar-refractivity contribution in [1.29, 1.82) is 0 Å². The normalized spacial score (nSPS) is 23.7. The van der Waals surface area contributed by atoms with Crippen molar-refractivity contribution in [2.24, 2.45) is 0 Å². The third kappa shape index (κ3) is 3.35. The standard InChI is InChI=1S/C18H30N4O2/c1-4-22-14(3)17(13(2)19-22)18(24)20-10-7-15(8-11-20)21-9-5-6-16(23)12-21/h15-16,23H,4-12H2,1-3H3. The largest absolute Gasteiger partial charge is 0.392 e. The number of aromatic nitrogens is 2. The van der Waals surface area contributed by atoms with Gasteiger partial charge in [-0.05, 0) is 53.0 Å². The third-order valence-corrected chi connectivity index (χ3v) is 5.59. The second kappa shape index (κ2) is 7.23. The maximum Gasteiger partial charge on any atom is 0.257 e. The van der Waals surface area contributed by atoms with Gasteiger partial charge in [0.05, 0.1) is 17.4 Å². The lowest BCUT2D eigenvalue weighted by atomic mass is 9.98. The van der Waals surface area contributed by atoms with Crippen LogP contribution in [0.15, 0.2) is 0 Å². The van der Waals surface area contributed by atoms with Crippen LogP contribution >= 0.6 is 0 Å². The Morgan fingerprint density at radius 2 is 1.92 bits per heavy atom. The fraction of sp³-hybridized carbons (Fsp3) is 0.778. The number of hydrogen-bond acceptors (Lipinski definition) is 4. The number of amides is 1. The molecule has 6 nitrogen and oxygen atoms in total. The summed E-state index contributed by atoms with van der Waals surface area (Å²) in [5.74, 6) is 0.127. The topological polar surface area (TPSA) is 61.6 Å². The van der Waals surface area contributed by atoms with E-state index in [1.54, 1.807) is 0 Å². The number of hydrogen-bond donors (Lipinski definition) is 1. The highest BCUT2D eigenvalue weighted by atomic mass is 16.3. The Labute approximate surface area is 144 Å². The first-order valence-electron chi connectivity index (χ1n) is 9.26. The number of nitrogens with zero attached hydrogens (tertiary/aromatic N) is 4. The van der Waals surface area contributed by atoms with Gasteiger partial charge in [0.25, 0.3) is 5.91 Å². The van der Waals surface area contributed by atoms with Crippen LogP contribution in [0.4, 0.5) is 0 Å². The van der Waals surface area contributed by atoms with Crippen LogP contribution in [-0.4, -0.2) is 68.9 Å². The number of likely N-dealkylation sites (tertiary alicyclic amines) is 2. The van der Waals surface area contributed by atoms with Crippen molar-refractivity contribution in [3.63, 3.8) is 0 Å². The minimum Gasteiger partial charge on any atom is -0.392 e. The van der Waals surface area contributed by atoms with E-state index in [9.17, 15) is 9.90 Å². The van der Waals surface area contributed by atoms with Crippen LogP contribution in [0.25, 0.3) is 0 Å². The summed E-state index contributed by atoms with van der Waals surface area (Å²) in [4.78, 5) is 17.3. The van der Waals surface area contributed by atoms with Gasteiger partial charge < -0.3 is 10.0 Å². The van der Waals surface area contributed by atoms with E-state index in [-0.39, 0.29) is 12.0 Å². The molecule has 0 aromatic carbocycles. The van der Waals surface area contributed by atoms with Crippen molar-refractivity contribution in [1.82, 2.24) is 19.6 Å². The lowest BCUT2D eigenvalue weighted by Crippen LogP contribution is -2.50. The van der Waals surface area contributed by atoms with Crippen LogP contribution in [0, 0.1) is 13.8 Å². The highest BCUT2D eigenvalue weighted by molar-refractivity contribution is 5.96. The Morgan fingerprint density at radius 1 is 1.21 bits per heavy atom. The van der Waals surface area contributed by atoms with Crippen molar-refractivity contribution < 1.29 is 9.90 Å². The number of aliphatic hydroxyl groups excluding tert-OH is 1. The zero-order chi connectivity index (χ0) is 17.3. The van der Waals surface area contributed by atoms with E-state index >= 15 is 0 Å². The molecule has 134 valence electrons. The number of piperidine rings is 2. The number of carbonyl (C=O) groups is 1. The minimum atomic E-state index is -0.177. The first-order chi connectivity index (χ1) is 11.5. The van der Waals surface area contributed by atoms with Gasteiger partial charge in [0.15, 0.2) is 0 Å². The van der Waals surface area contributed by atoms with Crippen LogP contribution in [-0.2, 0) is 6.54 Å². The van der Waals surface area contributed by atoms with Gasteiger partial charge in [-0.15, -0.1) is 0 Å². The second-order valence-electron chi connectivity index (χ2n) is 7.18. The molecular formula is C18H30N4O2. The van der Waals surface area contributed by atoms with Gasteiger partial charge in [0.2, 0.25) is 0 Å². The average molecular weight is 334 g/mol. The Balaban J connectivity index is 1.62. The summed E-state index contributed by atoms with van der Waals surface area (Å²) >= 11 is 0. The molecule has 1 N–H and O–H groups in total. The minimum absolute atomic E-state index is 0.127. The summed E-state index contributed by atoms with van der Waals surface area (Å²) in [6.07, 6.45) is 3.82. The molecule has 0 saturated carbocycles. The predicted molar refractivity (Wildman–Crippen MR) is 93.1 cm³/mol. The molecule has 2 aliphatic rings. The molecule has 3 rings (SSSR count). The van der Waals surface area contributed by atoms with Gasteiger partial charge in [-0.25, -0.2) is 0 Å². The van der Waals surface area contributed by atoms with Crippen LogP contribution in [0.5, 0.6) is 0 Å². The average Bonchev–Trinajstić information content (AvgIpc) is 2.88. The van der Waals surface area contributed by atoms with E-state index in [1.165, 1.54) is 0 Å². The monoisotopic (exact) mass is 334 g/mol. The molecule has 2 fully saturated rings. The molecule has 2 saturated heterocycles. The van der Waals surface area contributed by atoms with Crippen LogP contribution < -0.4 is 0 Å². The van der Waals surface area contributed by atoms with Crippen LogP contribution in [0.3, 0.4) is 0 Å². The number of aryl methyl sites for hydroxylation is 2. The Morgan fingerprint density at radius 3 is 2.50 bits per heavy atom. The van der Waals surface area contributed by atoms with Gasteiger partial charge in [0, 0.05) is 37.9 Å².